The molecule has 2 unspecified atom stereocenters. The number of aryl methyl sites for hydroxylation is 1. The number of nitrogens with zero attached hydrogens (tertiary/aromatic N) is 6. The van der Waals surface area contributed by atoms with Gasteiger partial charge in [0.25, 0.3) is 0 Å². The monoisotopic (exact) mass is 538 g/mol. The average molecular weight is 539 g/mol. The minimum Gasteiger partial charge on any atom is -0.467 e. The van der Waals surface area contributed by atoms with E-state index in [0.717, 1.165) is 40.8 Å². The summed E-state index contributed by atoms with van der Waals surface area (Å²) in [5.74, 6) is 1.02. The molecule has 4 atom stereocenters. The molecule has 0 saturated carbocycles. The highest BCUT2D eigenvalue weighted by atomic mass is 19.1. The quantitative estimate of drug-likeness (QED) is 0.489. The summed E-state index contributed by atoms with van der Waals surface area (Å²) in [6, 6.07) is 6.53. The van der Waals surface area contributed by atoms with Gasteiger partial charge in [-0.05, 0) is 63.8 Å². The predicted octanol–water partition coefficient (Wildman–Crippen LogP) is 4.17. The maximum Gasteiger partial charge on any atom is 0.410 e. The number of hydrogen-bond acceptors (Lipinski definition) is 8. The summed E-state index contributed by atoms with van der Waals surface area (Å²) in [5.41, 5.74) is 2.12. The maximum absolute atomic E-state index is 15.6. The van der Waals surface area contributed by atoms with Gasteiger partial charge in [-0.2, -0.15) is 15.1 Å². The van der Waals surface area contributed by atoms with Crippen LogP contribution in [0.15, 0.2) is 24.4 Å². The Kier molecular flexibility index (Phi) is 6.36. The van der Waals surface area contributed by atoms with Crippen LogP contribution in [0, 0.1) is 6.92 Å². The molecule has 1 aromatic carbocycles. The van der Waals surface area contributed by atoms with Crippen molar-refractivity contribution in [1.82, 2.24) is 24.6 Å². The highest BCUT2D eigenvalue weighted by Gasteiger charge is 2.40. The van der Waals surface area contributed by atoms with Crippen LogP contribution in [0.1, 0.15) is 50.7 Å². The summed E-state index contributed by atoms with van der Waals surface area (Å²) in [5, 5.41) is 5.57. The summed E-state index contributed by atoms with van der Waals surface area (Å²) in [7, 11) is 1.55. The van der Waals surface area contributed by atoms with E-state index in [1.807, 2.05) is 45.9 Å². The third-order valence-corrected chi connectivity index (χ3v) is 7.82. The first kappa shape index (κ1) is 25.8. The van der Waals surface area contributed by atoms with Gasteiger partial charge < -0.3 is 24.0 Å². The number of methoxy groups -OCH3 is 1. The van der Waals surface area contributed by atoms with Crippen LogP contribution in [0.3, 0.4) is 0 Å². The lowest BCUT2D eigenvalue weighted by atomic mass is 9.85. The van der Waals surface area contributed by atoms with Crippen LogP contribution in [0.4, 0.5) is 15.0 Å². The molecule has 3 aliphatic rings. The topological polar surface area (TPSA) is 94.8 Å². The number of halogens is 1. The molecule has 0 aliphatic carbocycles. The Balaban J connectivity index is 1.30. The number of fused-ring (bicyclic) bond motifs is 3. The summed E-state index contributed by atoms with van der Waals surface area (Å²) >= 11 is 0. The van der Waals surface area contributed by atoms with Crippen LogP contribution >= 0.6 is 0 Å². The van der Waals surface area contributed by atoms with Crippen LogP contribution in [0.5, 0.6) is 6.01 Å². The molecule has 0 spiro atoms. The molecular weight excluding hydrogens is 503 g/mol. The third-order valence-electron chi connectivity index (χ3n) is 7.82. The number of likely N-dealkylation sites (tertiary alicyclic amines) is 1. The zero-order chi connectivity index (χ0) is 27.5. The van der Waals surface area contributed by atoms with Crippen molar-refractivity contribution >= 4 is 22.8 Å². The summed E-state index contributed by atoms with van der Waals surface area (Å²) < 4.78 is 34.0. The van der Waals surface area contributed by atoms with Gasteiger partial charge in [-0.25, -0.2) is 13.9 Å². The molecule has 3 fully saturated rings. The Morgan fingerprint density at radius 1 is 1.15 bits per heavy atom. The molecular formula is C28H35FN6O4. The molecule has 39 heavy (non-hydrogen) atoms. The van der Waals surface area contributed by atoms with Crippen LogP contribution in [0.25, 0.3) is 16.7 Å². The van der Waals surface area contributed by atoms with Gasteiger partial charge in [0, 0.05) is 30.5 Å². The van der Waals surface area contributed by atoms with E-state index in [-0.39, 0.29) is 24.6 Å². The molecule has 1 amide bonds. The fourth-order valence-electron chi connectivity index (χ4n) is 5.96. The lowest BCUT2D eigenvalue weighted by Gasteiger charge is -2.36. The largest absolute Gasteiger partial charge is 0.467 e. The molecule has 10 nitrogen and oxygen atoms in total. The van der Waals surface area contributed by atoms with Crippen molar-refractivity contribution in [1.29, 1.82) is 0 Å². The second-order valence-electron chi connectivity index (χ2n) is 11.7. The molecule has 0 radical (unpaired) electrons. The van der Waals surface area contributed by atoms with Gasteiger partial charge in [0.05, 0.1) is 44.1 Å². The molecule has 2 bridgehead atoms. The number of carbonyl (C=O) groups excluding carboxylic acids is 1. The minimum absolute atomic E-state index is 0.00446. The average Bonchev–Trinajstić information content (AvgIpc) is 3.63. The number of carbonyl (C=O) groups is 1. The van der Waals surface area contributed by atoms with Crippen LogP contribution in [-0.4, -0.2) is 88.0 Å². The van der Waals surface area contributed by atoms with E-state index in [1.165, 1.54) is 4.90 Å². The Morgan fingerprint density at radius 3 is 2.62 bits per heavy atom. The van der Waals surface area contributed by atoms with Crippen LogP contribution in [-0.2, 0) is 9.47 Å². The van der Waals surface area contributed by atoms with Gasteiger partial charge in [0.15, 0.2) is 5.82 Å². The van der Waals surface area contributed by atoms with Gasteiger partial charge in [-0.1, -0.05) is 0 Å². The van der Waals surface area contributed by atoms with Gasteiger partial charge in [-0.3, -0.25) is 0 Å². The number of ether oxygens (including phenoxy) is 3. The normalized spacial score (nSPS) is 25.0. The molecule has 3 saturated heterocycles. The Hall–Kier alpha value is -3.47. The second-order valence-corrected chi connectivity index (χ2v) is 11.7. The predicted molar refractivity (Wildman–Crippen MR) is 144 cm³/mol. The summed E-state index contributed by atoms with van der Waals surface area (Å²) in [4.78, 5) is 25.4. The molecule has 3 aromatic rings. The van der Waals surface area contributed by atoms with Gasteiger partial charge in [0.1, 0.15) is 17.6 Å². The van der Waals surface area contributed by atoms with Crippen molar-refractivity contribution in [3.8, 4) is 11.8 Å². The molecule has 0 N–H and O–H groups in total. The summed E-state index contributed by atoms with van der Waals surface area (Å²) in [6.07, 6.45) is 1.84. The molecule has 3 aliphatic heterocycles. The van der Waals surface area contributed by atoms with E-state index in [4.69, 9.17) is 14.2 Å². The first-order chi connectivity index (χ1) is 18.6. The number of hydrogen-bond donors (Lipinski definition) is 0. The maximum atomic E-state index is 15.6. The third kappa shape index (κ3) is 4.88. The number of aromatic nitrogens is 4. The smallest absolute Gasteiger partial charge is 0.410 e. The summed E-state index contributed by atoms with van der Waals surface area (Å²) in [6.45, 7) is 9.35. The highest BCUT2D eigenvalue weighted by molar-refractivity contribution is 5.82. The Morgan fingerprint density at radius 2 is 1.95 bits per heavy atom. The fourth-order valence-corrected chi connectivity index (χ4v) is 5.96. The zero-order valence-corrected chi connectivity index (χ0v) is 23.1. The second kappa shape index (κ2) is 9.62. The van der Waals surface area contributed by atoms with Gasteiger partial charge >= 0.3 is 12.1 Å². The van der Waals surface area contributed by atoms with Crippen molar-refractivity contribution in [2.45, 2.75) is 70.4 Å². The van der Waals surface area contributed by atoms with E-state index in [9.17, 15) is 4.79 Å². The van der Waals surface area contributed by atoms with E-state index < -0.39 is 17.9 Å². The zero-order valence-electron chi connectivity index (χ0n) is 23.1. The Labute approximate surface area is 227 Å². The van der Waals surface area contributed by atoms with E-state index in [2.05, 4.69) is 20.0 Å². The number of rotatable bonds is 4. The van der Waals surface area contributed by atoms with Crippen molar-refractivity contribution in [3.05, 3.63) is 35.5 Å². The lowest BCUT2D eigenvalue weighted by molar-refractivity contribution is 0.0111. The van der Waals surface area contributed by atoms with Gasteiger partial charge in [-0.15, -0.1) is 0 Å². The number of benzene rings is 1. The SMILES string of the molecule is COc1nc(N2C[C@@H]3C[C@H]2CO3)cc(-n2ncc3cc(C)c(C4CCN(C(=O)OC(C)(C)C)CC4F)cc32)n1. The number of amides is 1. The molecule has 5 heterocycles. The van der Waals surface area contributed by atoms with Crippen molar-refractivity contribution in [3.63, 3.8) is 0 Å². The van der Waals surface area contributed by atoms with E-state index in [0.29, 0.717) is 31.4 Å². The molecule has 2 aromatic heterocycles. The number of piperidine rings is 1. The minimum atomic E-state index is -1.21. The lowest BCUT2D eigenvalue weighted by Crippen LogP contribution is -2.46. The number of alkyl halides is 1. The van der Waals surface area contributed by atoms with E-state index in [1.54, 1.807) is 18.0 Å². The highest BCUT2D eigenvalue weighted by Crippen LogP contribution is 2.37. The van der Waals surface area contributed by atoms with Crippen LogP contribution in [0.2, 0.25) is 0 Å². The van der Waals surface area contributed by atoms with E-state index >= 15 is 4.39 Å². The van der Waals surface area contributed by atoms with Crippen molar-refractivity contribution in [2.75, 3.05) is 38.3 Å². The van der Waals surface area contributed by atoms with Crippen molar-refractivity contribution < 1.29 is 23.4 Å². The van der Waals surface area contributed by atoms with Crippen LogP contribution < -0.4 is 9.64 Å². The van der Waals surface area contributed by atoms with Crippen molar-refractivity contribution in [2.24, 2.45) is 0 Å². The Bertz CT molecular complexity index is 1400. The first-order valence-corrected chi connectivity index (χ1v) is 13.5. The number of morpholine rings is 1. The molecule has 11 heteroatoms. The first-order valence-electron chi connectivity index (χ1n) is 13.5. The molecule has 6 rings (SSSR count). The molecule has 208 valence electrons. The fraction of sp³-hybridized carbons (Fsp3) is 0.571. The van der Waals surface area contributed by atoms with Gasteiger partial charge in [0.2, 0.25) is 0 Å². The number of anilines is 1. The standard InChI is InChI=1S/C28H35FN6O4/c1-16-8-17-12-30-35(25-11-24(31-26(32-25)37-5)34-13-19-9-18(34)15-38-19)23(17)10-21(16)20-6-7-33(14-22(20)29)27(36)39-28(2,3)4/h8,10-12,18-20,22H,6-7,9,13-15H2,1-5H3/t18-,19-,20?,22?/m0/s1.